The van der Waals surface area contributed by atoms with E-state index < -0.39 is 0 Å². The van der Waals surface area contributed by atoms with Crippen LogP contribution in [-0.2, 0) is 0 Å². The maximum absolute atomic E-state index is 2.53. The lowest BCUT2D eigenvalue weighted by Gasteiger charge is -2.36. The number of anilines is 5. The third kappa shape index (κ3) is 5.31. The summed E-state index contributed by atoms with van der Waals surface area (Å²) in [4.78, 5) is 4.97. The number of allylic oxidation sites excluding steroid dienone is 4. The van der Waals surface area contributed by atoms with Crippen LogP contribution in [-0.4, -0.2) is 0 Å². The minimum Gasteiger partial charge on any atom is -0.313 e. The van der Waals surface area contributed by atoms with Crippen molar-refractivity contribution in [3.63, 3.8) is 0 Å². The van der Waals surface area contributed by atoms with Crippen molar-refractivity contribution in [1.82, 2.24) is 0 Å². The van der Waals surface area contributed by atoms with Crippen molar-refractivity contribution in [3.05, 3.63) is 161 Å². The molecule has 0 amide bonds. The molecule has 0 N–H and O–H groups in total. The van der Waals surface area contributed by atoms with Gasteiger partial charge in [0.15, 0.2) is 0 Å². The zero-order chi connectivity index (χ0) is 31.1. The maximum atomic E-state index is 2.53. The molecule has 6 aromatic carbocycles. The first-order chi connectivity index (χ1) is 21.9. The number of nitrogens with zero attached hydrogens (tertiary/aromatic N) is 2. The van der Waals surface area contributed by atoms with E-state index in [0.29, 0.717) is 5.92 Å². The molecule has 1 aliphatic carbocycles. The molecule has 0 spiro atoms. The molecule has 0 bridgehead atoms. The Morgan fingerprint density at radius 3 is 1.18 bits per heavy atom. The summed E-state index contributed by atoms with van der Waals surface area (Å²) < 4.78 is 0. The standard InChI is InChI=1S/C43H40N2/c1-29-14-21-34(22-15-29)44(35-23-16-30(2)17-24-35)42-37-10-6-8-12-39(37)43(40-13-9-7-11-38(40)42)45(36-25-18-31(3)19-26-36)41-27-20-32(4)28-33(41)5/h6-27,33H,28H2,1-5H3. The number of benzene rings is 6. The van der Waals surface area contributed by atoms with Crippen LogP contribution in [0.5, 0.6) is 0 Å². The van der Waals surface area contributed by atoms with E-state index in [1.165, 1.54) is 66.6 Å². The Balaban J connectivity index is 1.60. The van der Waals surface area contributed by atoms with Crippen molar-refractivity contribution in [2.75, 3.05) is 9.80 Å². The quantitative estimate of drug-likeness (QED) is 0.142. The predicted octanol–water partition coefficient (Wildman–Crippen LogP) is 12.4. The van der Waals surface area contributed by atoms with Crippen molar-refractivity contribution < 1.29 is 0 Å². The third-order valence-corrected chi connectivity index (χ3v) is 9.13. The third-order valence-electron chi connectivity index (χ3n) is 9.13. The molecule has 0 aromatic heterocycles. The fourth-order valence-corrected chi connectivity index (χ4v) is 6.80. The molecule has 2 nitrogen and oxygen atoms in total. The molecular weight excluding hydrogens is 544 g/mol. The molecule has 0 saturated carbocycles. The molecule has 1 aliphatic rings. The Kier molecular flexibility index (Phi) is 7.51. The highest BCUT2D eigenvalue weighted by atomic mass is 15.2. The lowest BCUT2D eigenvalue weighted by atomic mass is 9.90. The second kappa shape index (κ2) is 11.8. The van der Waals surface area contributed by atoms with E-state index >= 15 is 0 Å². The molecule has 1 atom stereocenters. The van der Waals surface area contributed by atoms with Gasteiger partial charge in [-0.25, -0.2) is 0 Å². The van der Waals surface area contributed by atoms with E-state index in [4.69, 9.17) is 0 Å². The Morgan fingerprint density at radius 2 is 0.800 bits per heavy atom. The topological polar surface area (TPSA) is 6.48 Å². The van der Waals surface area contributed by atoms with Gasteiger partial charge in [-0.05, 0) is 76.6 Å². The van der Waals surface area contributed by atoms with Crippen molar-refractivity contribution in [2.24, 2.45) is 5.92 Å². The molecule has 45 heavy (non-hydrogen) atoms. The van der Waals surface area contributed by atoms with Crippen molar-refractivity contribution >= 4 is 50.0 Å². The second-order valence-electron chi connectivity index (χ2n) is 12.7. The summed E-state index contributed by atoms with van der Waals surface area (Å²) in [6, 6.07) is 44.7. The van der Waals surface area contributed by atoms with E-state index in [0.717, 1.165) is 17.8 Å². The Labute approximate surface area is 267 Å². The van der Waals surface area contributed by atoms with Crippen LogP contribution in [0.25, 0.3) is 21.5 Å². The van der Waals surface area contributed by atoms with Crippen molar-refractivity contribution in [1.29, 1.82) is 0 Å². The Hall–Kier alpha value is -5.08. The first-order valence-electron chi connectivity index (χ1n) is 16.0. The van der Waals surface area contributed by atoms with Gasteiger partial charge in [0.05, 0.1) is 11.4 Å². The van der Waals surface area contributed by atoms with Crippen molar-refractivity contribution in [3.8, 4) is 0 Å². The summed E-state index contributed by atoms with van der Waals surface area (Å²) in [6.07, 6.45) is 5.69. The number of rotatable bonds is 6. The van der Waals surface area contributed by atoms with Gasteiger partial charge in [-0.15, -0.1) is 0 Å². The van der Waals surface area contributed by atoms with E-state index in [9.17, 15) is 0 Å². The SMILES string of the molecule is CC1=CC=C(N(c2ccc(C)cc2)c2c3ccccc3c(N(c3ccc(C)cc3)c3ccc(C)cc3)c3ccccc23)C(C)C1. The second-order valence-corrected chi connectivity index (χ2v) is 12.7. The summed E-state index contributed by atoms with van der Waals surface area (Å²) in [5.41, 5.74) is 12.4. The van der Waals surface area contributed by atoms with E-state index in [2.05, 4.69) is 178 Å². The molecule has 0 fully saturated rings. The highest BCUT2D eigenvalue weighted by Gasteiger charge is 2.28. The van der Waals surface area contributed by atoms with Crippen LogP contribution in [0, 0.1) is 26.7 Å². The zero-order valence-electron chi connectivity index (χ0n) is 26.9. The first kappa shape index (κ1) is 28.7. The largest absolute Gasteiger partial charge is 0.313 e. The molecule has 6 aromatic rings. The Bertz CT molecular complexity index is 1960. The van der Waals surface area contributed by atoms with Gasteiger partial charge in [-0.2, -0.15) is 0 Å². The van der Waals surface area contributed by atoms with Crippen LogP contribution < -0.4 is 9.80 Å². The first-order valence-corrected chi connectivity index (χ1v) is 16.0. The van der Waals surface area contributed by atoms with Crippen LogP contribution >= 0.6 is 0 Å². The average molecular weight is 585 g/mol. The van der Waals surface area contributed by atoms with Gasteiger partial charge in [0, 0.05) is 50.2 Å². The number of aryl methyl sites for hydroxylation is 3. The average Bonchev–Trinajstić information content (AvgIpc) is 3.05. The lowest BCUT2D eigenvalue weighted by Crippen LogP contribution is -2.24. The normalized spacial score (nSPS) is 14.7. The van der Waals surface area contributed by atoms with E-state index in [1.807, 2.05) is 0 Å². The number of fused-ring (bicyclic) bond motifs is 2. The molecule has 0 radical (unpaired) electrons. The van der Waals surface area contributed by atoms with Crippen molar-refractivity contribution in [2.45, 2.75) is 41.0 Å². The van der Waals surface area contributed by atoms with E-state index in [-0.39, 0.29) is 0 Å². The van der Waals surface area contributed by atoms with Gasteiger partial charge in [-0.3, -0.25) is 0 Å². The van der Waals surface area contributed by atoms with Gasteiger partial charge in [0.2, 0.25) is 0 Å². The molecular formula is C43H40N2. The predicted molar refractivity (Wildman–Crippen MR) is 195 cm³/mol. The summed E-state index contributed by atoms with van der Waals surface area (Å²) in [6.45, 7) is 11.1. The van der Waals surface area contributed by atoms with Gasteiger partial charge in [-0.1, -0.05) is 120 Å². The molecule has 2 heteroatoms. The van der Waals surface area contributed by atoms with Crippen LogP contribution in [0.1, 0.15) is 37.0 Å². The molecule has 7 rings (SSSR count). The smallest absolute Gasteiger partial charge is 0.0619 e. The number of hydrogen-bond donors (Lipinski definition) is 0. The maximum Gasteiger partial charge on any atom is 0.0619 e. The Morgan fingerprint density at radius 1 is 0.444 bits per heavy atom. The van der Waals surface area contributed by atoms with Gasteiger partial charge >= 0.3 is 0 Å². The van der Waals surface area contributed by atoms with Gasteiger partial charge < -0.3 is 9.80 Å². The zero-order valence-corrected chi connectivity index (χ0v) is 26.9. The fourth-order valence-electron chi connectivity index (χ4n) is 6.80. The molecule has 0 heterocycles. The monoisotopic (exact) mass is 584 g/mol. The molecule has 222 valence electrons. The number of hydrogen-bond acceptors (Lipinski definition) is 2. The van der Waals surface area contributed by atoms with Crippen LogP contribution in [0.2, 0.25) is 0 Å². The highest BCUT2D eigenvalue weighted by molar-refractivity contribution is 6.22. The summed E-state index contributed by atoms with van der Waals surface area (Å²) in [5, 5.41) is 4.91. The minimum atomic E-state index is 0.380. The summed E-state index contributed by atoms with van der Waals surface area (Å²) in [5.74, 6) is 0.380. The van der Waals surface area contributed by atoms with Gasteiger partial charge in [0.1, 0.15) is 0 Å². The molecule has 0 saturated heterocycles. The van der Waals surface area contributed by atoms with Crippen LogP contribution in [0.15, 0.2) is 145 Å². The lowest BCUT2D eigenvalue weighted by molar-refractivity contribution is 0.648. The van der Waals surface area contributed by atoms with E-state index in [1.54, 1.807) is 0 Å². The fraction of sp³-hybridized carbons (Fsp3) is 0.163. The van der Waals surface area contributed by atoms with Gasteiger partial charge in [0.25, 0.3) is 0 Å². The highest BCUT2D eigenvalue weighted by Crippen LogP contribution is 2.51. The summed E-state index contributed by atoms with van der Waals surface area (Å²) >= 11 is 0. The molecule has 0 aliphatic heterocycles. The van der Waals surface area contributed by atoms with Crippen LogP contribution in [0.4, 0.5) is 28.4 Å². The minimum absolute atomic E-state index is 0.380. The van der Waals surface area contributed by atoms with Crippen LogP contribution in [0.3, 0.4) is 0 Å². The molecule has 1 unspecified atom stereocenters. The summed E-state index contributed by atoms with van der Waals surface area (Å²) in [7, 11) is 0.